The van der Waals surface area contributed by atoms with Crippen LogP contribution in [0.3, 0.4) is 0 Å². The Morgan fingerprint density at radius 2 is 1.90 bits per heavy atom. The van der Waals surface area contributed by atoms with Gasteiger partial charge in [0.25, 0.3) is 0 Å². The van der Waals surface area contributed by atoms with Gasteiger partial charge in [-0.1, -0.05) is 30.3 Å². The Hall–Kier alpha value is -1.10. The zero-order chi connectivity index (χ0) is 13.7. The second kappa shape index (κ2) is 8.25. The third kappa shape index (κ3) is 4.78. The second-order valence-electron chi connectivity index (χ2n) is 5.28. The summed E-state index contributed by atoms with van der Waals surface area (Å²) >= 11 is 0. The Kier molecular flexibility index (Phi) is 6.99. The van der Waals surface area contributed by atoms with Gasteiger partial charge in [-0.2, -0.15) is 0 Å². The van der Waals surface area contributed by atoms with Crippen molar-refractivity contribution in [2.24, 2.45) is 5.73 Å². The third-order valence-electron chi connectivity index (χ3n) is 3.65. The van der Waals surface area contributed by atoms with E-state index in [2.05, 4.69) is 11.9 Å². The molecule has 0 aliphatic carbocycles. The first-order valence-electron chi connectivity index (χ1n) is 6.93. The highest BCUT2D eigenvalue weighted by atomic mass is 35.5. The summed E-state index contributed by atoms with van der Waals surface area (Å²) in [5, 5.41) is 0. The van der Waals surface area contributed by atoms with Crippen molar-refractivity contribution >= 4 is 18.3 Å². The van der Waals surface area contributed by atoms with Crippen LogP contribution in [0.15, 0.2) is 30.3 Å². The van der Waals surface area contributed by atoms with Gasteiger partial charge in [0.2, 0.25) is 5.91 Å². The van der Waals surface area contributed by atoms with Crippen molar-refractivity contribution in [2.45, 2.75) is 18.9 Å². The highest BCUT2D eigenvalue weighted by Crippen LogP contribution is 2.07. The van der Waals surface area contributed by atoms with Gasteiger partial charge in [-0.3, -0.25) is 4.79 Å². The minimum atomic E-state index is -0.425. The molecule has 1 aliphatic heterocycles. The molecule has 1 heterocycles. The fraction of sp³-hybridized carbons (Fsp3) is 0.533. The van der Waals surface area contributed by atoms with Gasteiger partial charge in [-0.15, -0.1) is 12.4 Å². The van der Waals surface area contributed by atoms with Crippen LogP contribution in [0.4, 0.5) is 0 Å². The lowest BCUT2D eigenvalue weighted by Crippen LogP contribution is -2.46. The number of hydrogen-bond donors (Lipinski definition) is 1. The van der Waals surface area contributed by atoms with Gasteiger partial charge in [-0.05, 0) is 32.0 Å². The molecule has 4 nitrogen and oxygen atoms in total. The summed E-state index contributed by atoms with van der Waals surface area (Å²) in [6.45, 7) is 3.60. The Morgan fingerprint density at radius 3 is 2.60 bits per heavy atom. The lowest BCUT2D eigenvalue weighted by atomic mass is 10.1. The zero-order valence-corrected chi connectivity index (χ0v) is 12.8. The van der Waals surface area contributed by atoms with Crippen LogP contribution in [-0.4, -0.2) is 55.0 Å². The van der Waals surface area contributed by atoms with E-state index in [1.807, 2.05) is 35.2 Å². The maximum absolute atomic E-state index is 12.3. The molecule has 0 radical (unpaired) electrons. The zero-order valence-electron chi connectivity index (χ0n) is 12.0. The van der Waals surface area contributed by atoms with Gasteiger partial charge >= 0.3 is 0 Å². The van der Waals surface area contributed by atoms with Crippen molar-refractivity contribution in [3.63, 3.8) is 0 Å². The topological polar surface area (TPSA) is 49.6 Å². The first-order valence-corrected chi connectivity index (χ1v) is 6.93. The fourth-order valence-corrected chi connectivity index (χ4v) is 2.46. The number of amides is 1. The predicted octanol–water partition coefficient (Wildman–Crippen LogP) is 1.14. The standard InChI is InChI=1S/C15H23N3O.ClH/c1-17-8-5-9-18(11-10-17)15(19)14(16)12-13-6-3-2-4-7-13;/h2-4,6-7,14H,5,8-12,16H2,1H3;1H. The molecule has 0 aromatic heterocycles. The first-order chi connectivity index (χ1) is 9.16. The van der Waals surface area contributed by atoms with Gasteiger partial charge in [0.05, 0.1) is 6.04 Å². The van der Waals surface area contributed by atoms with Gasteiger partial charge in [0.1, 0.15) is 0 Å². The molecule has 1 amide bonds. The average molecular weight is 298 g/mol. The average Bonchev–Trinajstić information content (AvgIpc) is 2.64. The summed E-state index contributed by atoms with van der Waals surface area (Å²) in [4.78, 5) is 16.5. The molecule has 1 unspecified atom stereocenters. The summed E-state index contributed by atoms with van der Waals surface area (Å²) in [5.74, 6) is 0.0825. The number of carbonyl (C=O) groups excluding carboxylic acids is 1. The highest BCUT2D eigenvalue weighted by molar-refractivity contribution is 5.85. The molecule has 0 spiro atoms. The number of likely N-dealkylation sites (N-methyl/N-ethyl adjacent to an activating group) is 1. The quantitative estimate of drug-likeness (QED) is 0.910. The summed E-state index contributed by atoms with van der Waals surface area (Å²) in [6, 6.07) is 9.54. The number of hydrogen-bond acceptors (Lipinski definition) is 3. The molecule has 1 atom stereocenters. The number of nitrogens with zero attached hydrogens (tertiary/aromatic N) is 2. The minimum Gasteiger partial charge on any atom is -0.340 e. The molecule has 1 saturated heterocycles. The maximum atomic E-state index is 12.3. The first kappa shape index (κ1) is 17.0. The highest BCUT2D eigenvalue weighted by Gasteiger charge is 2.22. The lowest BCUT2D eigenvalue weighted by Gasteiger charge is -2.24. The molecule has 1 fully saturated rings. The molecule has 20 heavy (non-hydrogen) atoms. The van der Waals surface area contributed by atoms with E-state index in [1.165, 1.54) is 0 Å². The molecule has 1 aliphatic rings. The van der Waals surface area contributed by atoms with E-state index in [4.69, 9.17) is 5.73 Å². The fourth-order valence-electron chi connectivity index (χ4n) is 2.46. The van der Waals surface area contributed by atoms with Crippen molar-refractivity contribution < 1.29 is 4.79 Å². The summed E-state index contributed by atoms with van der Waals surface area (Å²) in [5.41, 5.74) is 7.18. The van der Waals surface area contributed by atoms with Crippen molar-refractivity contribution in [3.05, 3.63) is 35.9 Å². The largest absolute Gasteiger partial charge is 0.340 e. The maximum Gasteiger partial charge on any atom is 0.239 e. The molecule has 2 N–H and O–H groups in total. The van der Waals surface area contributed by atoms with Gasteiger partial charge in [0, 0.05) is 19.6 Å². The number of halogens is 1. The van der Waals surface area contributed by atoms with E-state index in [0.29, 0.717) is 6.42 Å². The Morgan fingerprint density at radius 1 is 1.20 bits per heavy atom. The number of carbonyl (C=O) groups is 1. The normalized spacial score (nSPS) is 18.0. The van der Waals surface area contributed by atoms with Crippen LogP contribution in [0.1, 0.15) is 12.0 Å². The van der Waals surface area contributed by atoms with Crippen molar-refractivity contribution in [1.82, 2.24) is 9.80 Å². The second-order valence-corrected chi connectivity index (χ2v) is 5.28. The van der Waals surface area contributed by atoms with Crippen LogP contribution in [0, 0.1) is 0 Å². The molecule has 2 rings (SSSR count). The summed E-state index contributed by atoms with van der Waals surface area (Å²) < 4.78 is 0. The molecule has 5 heteroatoms. The predicted molar refractivity (Wildman–Crippen MR) is 84.1 cm³/mol. The third-order valence-corrected chi connectivity index (χ3v) is 3.65. The molecular formula is C15H24ClN3O. The molecular weight excluding hydrogens is 274 g/mol. The van der Waals surface area contributed by atoms with Gasteiger partial charge in [-0.25, -0.2) is 0 Å². The SMILES string of the molecule is CN1CCCN(C(=O)C(N)Cc2ccccc2)CC1.Cl. The molecule has 1 aromatic rings. The lowest BCUT2D eigenvalue weighted by molar-refractivity contribution is -0.132. The van der Waals surface area contributed by atoms with Crippen LogP contribution in [0.5, 0.6) is 0 Å². The minimum absolute atomic E-state index is 0. The molecule has 0 bridgehead atoms. The molecule has 112 valence electrons. The van der Waals surface area contributed by atoms with E-state index < -0.39 is 6.04 Å². The van der Waals surface area contributed by atoms with E-state index in [0.717, 1.165) is 38.2 Å². The Bertz CT molecular complexity index is 413. The van der Waals surface area contributed by atoms with Crippen molar-refractivity contribution in [1.29, 1.82) is 0 Å². The van der Waals surface area contributed by atoms with E-state index in [1.54, 1.807) is 0 Å². The van der Waals surface area contributed by atoms with Crippen LogP contribution in [-0.2, 0) is 11.2 Å². The van der Waals surface area contributed by atoms with E-state index in [-0.39, 0.29) is 18.3 Å². The number of nitrogens with two attached hydrogens (primary N) is 1. The van der Waals surface area contributed by atoms with Crippen LogP contribution in [0.2, 0.25) is 0 Å². The van der Waals surface area contributed by atoms with E-state index in [9.17, 15) is 4.79 Å². The van der Waals surface area contributed by atoms with Crippen molar-refractivity contribution in [2.75, 3.05) is 33.2 Å². The molecule has 1 aromatic carbocycles. The van der Waals surface area contributed by atoms with Crippen LogP contribution in [0.25, 0.3) is 0 Å². The summed E-state index contributed by atoms with van der Waals surface area (Å²) in [6.07, 6.45) is 1.65. The van der Waals surface area contributed by atoms with Crippen LogP contribution < -0.4 is 5.73 Å². The van der Waals surface area contributed by atoms with Gasteiger partial charge < -0.3 is 15.5 Å². The Labute approximate surface area is 127 Å². The summed E-state index contributed by atoms with van der Waals surface area (Å²) in [7, 11) is 2.10. The van der Waals surface area contributed by atoms with E-state index >= 15 is 0 Å². The van der Waals surface area contributed by atoms with Gasteiger partial charge in [0.15, 0.2) is 0 Å². The monoisotopic (exact) mass is 297 g/mol. The number of benzene rings is 1. The van der Waals surface area contributed by atoms with Crippen molar-refractivity contribution in [3.8, 4) is 0 Å². The number of rotatable bonds is 3. The Balaban J connectivity index is 0.00000200. The smallest absolute Gasteiger partial charge is 0.239 e. The van der Waals surface area contributed by atoms with Crippen LogP contribution >= 0.6 is 12.4 Å². The molecule has 0 saturated carbocycles.